The van der Waals surface area contributed by atoms with Gasteiger partial charge in [-0.2, -0.15) is 10.4 Å². The highest BCUT2D eigenvalue weighted by atomic mass is 16.5. The minimum absolute atomic E-state index is 0.256. The highest BCUT2D eigenvalue weighted by molar-refractivity contribution is 5.93. The van der Waals surface area contributed by atoms with Gasteiger partial charge in [0.25, 0.3) is 0 Å². The maximum absolute atomic E-state index is 11.7. The van der Waals surface area contributed by atoms with Crippen LogP contribution in [0.15, 0.2) is 36.8 Å². The minimum Gasteiger partial charge on any atom is -0.457 e. The summed E-state index contributed by atoms with van der Waals surface area (Å²) in [6.07, 6.45) is 4.36. The number of aliphatic hydroxyl groups excluding tert-OH is 1. The second-order valence-corrected chi connectivity index (χ2v) is 7.27. The molecule has 3 aromatic rings. The lowest BCUT2D eigenvalue weighted by Gasteiger charge is -2.16. The number of hydrogen-bond donors (Lipinski definition) is 3. The van der Waals surface area contributed by atoms with Crippen LogP contribution in [0.4, 0.5) is 5.69 Å². The van der Waals surface area contributed by atoms with Crippen molar-refractivity contribution in [1.82, 2.24) is 20.1 Å². The van der Waals surface area contributed by atoms with Crippen LogP contribution < -0.4 is 10.6 Å². The van der Waals surface area contributed by atoms with Crippen molar-refractivity contribution in [3.05, 3.63) is 70.2 Å². The number of ether oxygens (including phenoxy) is 1. The topological polar surface area (TPSA) is 125 Å². The lowest BCUT2D eigenvalue weighted by Crippen LogP contribution is -2.21. The third-order valence-electron chi connectivity index (χ3n) is 5.38. The quantitative estimate of drug-likeness (QED) is 0.498. The molecular weight excluding hydrogens is 396 g/mol. The van der Waals surface area contributed by atoms with Crippen molar-refractivity contribution in [3.8, 4) is 11.9 Å². The Morgan fingerprint density at radius 2 is 2.23 bits per heavy atom. The van der Waals surface area contributed by atoms with E-state index in [1.807, 2.05) is 13.1 Å². The van der Waals surface area contributed by atoms with Crippen molar-refractivity contribution in [1.29, 1.82) is 5.26 Å². The predicted octanol–water partition coefficient (Wildman–Crippen LogP) is 1.98. The Kier molecular flexibility index (Phi) is 5.66. The Morgan fingerprint density at radius 1 is 1.39 bits per heavy atom. The molecule has 0 spiro atoms. The van der Waals surface area contributed by atoms with E-state index in [4.69, 9.17) is 10.00 Å². The summed E-state index contributed by atoms with van der Waals surface area (Å²) in [5.74, 6) is 0.285. The molecule has 1 unspecified atom stereocenters. The van der Waals surface area contributed by atoms with Gasteiger partial charge in [-0.1, -0.05) is 6.07 Å². The summed E-state index contributed by atoms with van der Waals surface area (Å²) in [5.41, 5.74) is 5.16. The van der Waals surface area contributed by atoms with E-state index in [0.717, 1.165) is 22.3 Å². The zero-order valence-electron chi connectivity index (χ0n) is 17.2. The fourth-order valence-electron chi connectivity index (χ4n) is 3.63. The zero-order chi connectivity index (χ0) is 22.0. The van der Waals surface area contributed by atoms with Gasteiger partial charge in [0.1, 0.15) is 12.7 Å². The van der Waals surface area contributed by atoms with E-state index in [9.17, 15) is 9.90 Å². The summed E-state index contributed by atoms with van der Waals surface area (Å²) < 4.78 is 6.71. The van der Waals surface area contributed by atoms with E-state index in [1.165, 1.54) is 6.20 Å². The normalized spacial score (nSPS) is 13.4. The number of aliphatic hydroxyl groups is 1. The van der Waals surface area contributed by atoms with Crippen LogP contribution in [-0.2, 0) is 17.9 Å². The molecule has 158 valence electrons. The average Bonchev–Trinajstić information content (AvgIpc) is 3.41. The summed E-state index contributed by atoms with van der Waals surface area (Å²) in [5, 5.41) is 30.3. The second kappa shape index (κ2) is 8.55. The number of nitrogens with one attached hydrogen (secondary N) is 2. The summed E-state index contributed by atoms with van der Waals surface area (Å²) in [4.78, 5) is 15.9. The molecule has 1 atom stereocenters. The average molecular weight is 418 g/mol. The largest absolute Gasteiger partial charge is 0.457 e. The number of cyclic esters (lactones) is 1. The second-order valence-electron chi connectivity index (χ2n) is 7.27. The van der Waals surface area contributed by atoms with E-state index >= 15 is 0 Å². The summed E-state index contributed by atoms with van der Waals surface area (Å²) >= 11 is 0. The molecule has 1 aliphatic heterocycles. The Hall–Kier alpha value is -3.74. The fraction of sp³-hybridized carbons (Fsp3) is 0.273. The molecule has 0 saturated heterocycles. The molecule has 0 fully saturated rings. The van der Waals surface area contributed by atoms with Gasteiger partial charge >= 0.3 is 5.97 Å². The third kappa shape index (κ3) is 3.99. The minimum atomic E-state index is -0.713. The predicted molar refractivity (Wildman–Crippen MR) is 113 cm³/mol. The number of hydrogen-bond acceptors (Lipinski definition) is 8. The molecule has 3 heterocycles. The van der Waals surface area contributed by atoms with Gasteiger partial charge in [0, 0.05) is 49.7 Å². The maximum Gasteiger partial charge on any atom is 0.338 e. The van der Waals surface area contributed by atoms with Gasteiger partial charge in [0.15, 0.2) is 5.82 Å². The molecule has 1 aliphatic rings. The Labute approximate surface area is 179 Å². The number of carbonyl (C=O) groups excluding carboxylic acids is 1. The summed E-state index contributed by atoms with van der Waals surface area (Å²) in [6.45, 7) is 3.01. The van der Waals surface area contributed by atoms with E-state index in [1.54, 1.807) is 36.1 Å². The number of anilines is 1. The number of nitrogens with zero attached hydrogens (tertiary/aromatic N) is 4. The van der Waals surface area contributed by atoms with Crippen LogP contribution >= 0.6 is 0 Å². The molecule has 0 bridgehead atoms. The number of carbonyl (C=O) groups is 1. The van der Waals surface area contributed by atoms with Gasteiger partial charge in [0.2, 0.25) is 0 Å². The van der Waals surface area contributed by atoms with E-state index < -0.39 is 6.10 Å². The molecule has 4 rings (SSSR count). The highest BCUT2D eigenvalue weighted by Crippen LogP contribution is 2.28. The number of esters is 1. The molecule has 31 heavy (non-hydrogen) atoms. The molecular formula is C22H22N6O3. The van der Waals surface area contributed by atoms with Gasteiger partial charge in [0.05, 0.1) is 29.1 Å². The lowest BCUT2D eigenvalue weighted by atomic mass is 9.95. The van der Waals surface area contributed by atoms with Crippen LogP contribution in [0.2, 0.25) is 0 Å². The van der Waals surface area contributed by atoms with Crippen molar-refractivity contribution in [2.45, 2.75) is 26.2 Å². The molecule has 9 heteroatoms. The van der Waals surface area contributed by atoms with Crippen molar-refractivity contribution in [3.63, 3.8) is 0 Å². The van der Waals surface area contributed by atoms with E-state index in [2.05, 4.69) is 26.8 Å². The Balaban J connectivity index is 1.39. The number of benzene rings is 1. The lowest BCUT2D eigenvalue weighted by molar-refractivity contribution is 0.0535. The monoisotopic (exact) mass is 418 g/mol. The first-order valence-electron chi connectivity index (χ1n) is 9.82. The van der Waals surface area contributed by atoms with Crippen molar-refractivity contribution in [2.75, 3.05) is 18.9 Å². The molecule has 0 aliphatic carbocycles. The van der Waals surface area contributed by atoms with Gasteiger partial charge in [-0.05, 0) is 24.1 Å². The standard InChI is InChI=1S/C22H22N6O3/c1-13-16(3-4-17-18(13)12-31-22(17)30)20(29)10-25-7-14-8-27-28(11-14)21-5-19(24-2)15(6-23)9-26-21/h3-5,8-9,11,20,25,29H,7,10,12H2,1-2H3,(H,24,26). The molecule has 9 nitrogen and oxygen atoms in total. The number of fused-ring (bicyclic) bond motifs is 1. The molecule has 3 N–H and O–H groups in total. The molecule has 1 aromatic carbocycles. The van der Waals surface area contributed by atoms with Crippen LogP contribution in [0.25, 0.3) is 5.82 Å². The first-order valence-corrected chi connectivity index (χ1v) is 9.82. The van der Waals surface area contributed by atoms with Crippen LogP contribution in [0.3, 0.4) is 0 Å². The van der Waals surface area contributed by atoms with Crippen LogP contribution in [0.5, 0.6) is 0 Å². The molecule has 0 amide bonds. The SMILES string of the molecule is CNc1cc(-n2cc(CNCC(O)c3ccc4c(c3C)COC4=O)cn2)ncc1C#N. The van der Waals surface area contributed by atoms with Crippen LogP contribution in [0.1, 0.15) is 44.3 Å². The smallest absolute Gasteiger partial charge is 0.338 e. The van der Waals surface area contributed by atoms with Gasteiger partial charge in [-0.25, -0.2) is 14.5 Å². The number of pyridine rings is 1. The van der Waals surface area contributed by atoms with Crippen molar-refractivity contribution < 1.29 is 14.6 Å². The number of nitriles is 1. The first kappa shape index (κ1) is 20.5. The van der Waals surface area contributed by atoms with Gasteiger partial charge < -0.3 is 20.5 Å². The van der Waals surface area contributed by atoms with Crippen molar-refractivity contribution >= 4 is 11.7 Å². The number of rotatable bonds is 7. The molecule has 0 saturated carbocycles. The zero-order valence-corrected chi connectivity index (χ0v) is 17.2. The van der Waals surface area contributed by atoms with Crippen molar-refractivity contribution in [2.24, 2.45) is 0 Å². The van der Waals surface area contributed by atoms with Crippen LogP contribution in [-0.4, -0.2) is 39.4 Å². The van der Waals surface area contributed by atoms with E-state index in [0.29, 0.717) is 35.7 Å². The summed E-state index contributed by atoms with van der Waals surface area (Å²) in [6, 6.07) is 7.34. The highest BCUT2D eigenvalue weighted by Gasteiger charge is 2.25. The van der Waals surface area contributed by atoms with Crippen LogP contribution in [0, 0.1) is 18.3 Å². The fourth-order valence-corrected chi connectivity index (χ4v) is 3.63. The van der Waals surface area contributed by atoms with E-state index in [-0.39, 0.29) is 12.6 Å². The molecule has 2 aromatic heterocycles. The Bertz CT molecular complexity index is 1180. The Morgan fingerprint density at radius 3 is 3.00 bits per heavy atom. The number of aromatic nitrogens is 3. The summed E-state index contributed by atoms with van der Waals surface area (Å²) in [7, 11) is 1.75. The van der Waals surface area contributed by atoms with Gasteiger partial charge in [-0.3, -0.25) is 0 Å². The first-order chi connectivity index (χ1) is 15.0. The van der Waals surface area contributed by atoms with Gasteiger partial charge in [-0.15, -0.1) is 0 Å². The maximum atomic E-state index is 11.7. The molecule has 0 radical (unpaired) electrons. The third-order valence-corrected chi connectivity index (χ3v) is 5.38.